The van der Waals surface area contributed by atoms with Gasteiger partial charge in [-0.2, -0.15) is 9.50 Å². The van der Waals surface area contributed by atoms with E-state index in [0.29, 0.717) is 38.1 Å². The fourth-order valence-electron chi connectivity index (χ4n) is 3.68. The molecule has 0 aliphatic carbocycles. The predicted molar refractivity (Wildman–Crippen MR) is 130 cm³/mol. The summed E-state index contributed by atoms with van der Waals surface area (Å²) in [6.07, 6.45) is 1.76. The lowest BCUT2D eigenvalue weighted by molar-refractivity contribution is -0.131. The molecule has 0 aliphatic heterocycles. The molecule has 0 aliphatic rings. The van der Waals surface area contributed by atoms with Crippen molar-refractivity contribution in [3.8, 4) is 28.6 Å². The summed E-state index contributed by atoms with van der Waals surface area (Å²) in [5.74, 6) is 1.37. The Morgan fingerprint density at radius 3 is 2.38 bits per heavy atom. The first-order valence-electron chi connectivity index (χ1n) is 10.3. The number of nitrogens with zero attached hydrogens (tertiary/aromatic N) is 3. The topological polar surface area (TPSA) is 92.0 Å². The average molecular weight is 474 g/mol. The molecular weight excluding hydrogens is 454 g/mol. The summed E-state index contributed by atoms with van der Waals surface area (Å²) in [6, 6.07) is 16.7. The van der Waals surface area contributed by atoms with Crippen LogP contribution in [0, 0.1) is 0 Å². The van der Waals surface area contributed by atoms with Crippen LogP contribution in [0.2, 0.25) is 0 Å². The number of aromatic nitrogens is 3. The van der Waals surface area contributed by atoms with Crippen LogP contribution in [-0.4, -0.2) is 34.8 Å². The summed E-state index contributed by atoms with van der Waals surface area (Å²) in [5.41, 5.74) is 1.03. The highest BCUT2D eigenvalue weighted by Gasteiger charge is 2.18. The molecule has 34 heavy (non-hydrogen) atoms. The second-order valence-corrected chi connectivity index (χ2v) is 8.46. The molecule has 0 radical (unpaired) electrons. The second-order valence-electron chi connectivity index (χ2n) is 7.45. The van der Waals surface area contributed by atoms with Gasteiger partial charge in [-0.3, -0.25) is 9.59 Å². The molecular formula is C25H19N3O5S. The first kappa shape index (κ1) is 21.6. The molecule has 0 atom stereocenters. The van der Waals surface area contributed by atoms with Crippen molar-refractivity contribution >= 4 is 39.1 Å². The van der Waals surface area contributed by atoms with Gasteiger partial charge in [-0.25, -0.2) is 0 Å². The summed E-state index contributed by atoms with van der Waals surface area (Å²) in [5, 5.41) is 6.29. The van der Waals surface area contributed by atoms with Gasteiger partial charge in [0.2, 0.25) is 4.96 Å². The lowest BCUT2D eigenvalue weighted by Crippen LogP contribution is -2.23. The standard InChI is InChI=1S/C25H19N3O5S/c1-14(29)33-20-13-17-7-5-4-6-16(17)12-18(20)23-26-25-28(27-23)24(30)22(34-25)11-15-8-9-19(31-2)21(10-15)32-3/h4-13H,1-3H3. The molecule has 0 spiro atoms. The maximum atomic E-state index is 13.0. The Labute approximate surface area is 197 Å². The van der Waals surface area contributed by atoms with Crippen LogP contribution in [0.15, 0.2) is 59.4 Å². The molecule has 170 valence electrons. The largest absolute Gasteiger partial charge is 0.493 e. The Morgan fingerprint density at radius 2 is 1.71 bits per heavy atom. The second kappa shape index (κ2) is 8.60. The van der Waals surface area contributed by atoms with Crippen molar-refractivity contribution in [3.05, 3.63) is 75.0 Å². The predicted octanol–water partition coefficient (Wildman–Crippen LogP) is 3.46. The van der Waals surface area contributed by atoms with E-state index in [1.54, 1.807) is 38.5 Å². The van der Waals surface area contributed by atoms with Crippen molar-refractivity contribution in [2.75, 3.05) is 14.2 Å². The highest BCUT2D eigenvalue weighted by Crippen LogP contribution is 2.33. The third kappa shape index (κ3) is 3.86. The van der Waals surface area contributed by atoms with Crippen molar-refractivity contribution in [2.24, 2.45) is 0 Å². The number of carbonyl (C=O) groups excluding carboxylic acids is 1. The summed E-state index contributed by atoms with van der Waals surface area (Å²) < 4.78 is 17.8. The van der Waals surface area contributed by atoms with E-state index < -0.39 is 5.97 Å². The average Bonchev–Trinajstić information content (AvgIpc) is 3.37. The van der Waals surface area contributed by atoms with Crippen molar-refractivity contribution < 1.29 is 19.0 Å². The molecule has 5 rings (SSSR count). The van der Waals surface area contributed by atoms with Gasteiger partial charge in [0.15, 0.2) is 17.3 Å². The van der Waals surface area contributed by atoms with E-state index in [9.17, 15) is 9.59 Å². The molecule has 2 heterocycles. The Kier molecular flexibility index (Phi) is 5.46. The fourth-order valence-corrected chi connectivity index (χ4v) is 4.58. The molecule has 0 N–H and O–H groups in total. The van der Waals surface area contributed by atoms with Gasteiger partial charge >= 0.3 is 5.97 Å². The van der Waals surface area contributed by atoms with Crippen LogP contribution in [0.4, 0.5) is 0 Å². The summed E-state index contributed by atoms with van der Waals surface area (Å²) in [4.78, 5) is 29.7. The van der Waals surface area contributed by atoms with Gasteiger partial charge in [0, 0.05) is 6.92 Å². The van der Waals surface area contributed by atoms with Crippen molar-refractivity contribution in [1.29, 1.82) is 0 Å². The van der Waals surface area contributed by atoms with E-state index >= 15 is 0 Å². The van der Waals surface area contributed by atoms with E-state index in [2.05, 4.69) is 10.1 Å². The Balaban J connectivity index is 1.61. The number of carbonyl (C=O) groups is 1. The lowest BCUT2D eigenvalue weighted by atomic mass is 10.1. The van der Waals surface area contributed by atoms with Gasteiger partial charge in [-0.05, 0) is 46.7 Å². The quantitative estimate of drug-likeness (QED) is 0.285. The van der Waals surface area contributed by atoms with Crippen molar-refractivity contribution in [2.45, 2.75) is 6.92 Å². The lowest BCUT2D eigenvalue weighted by Gasteiger charge is -2.08. The van der Waals surface area contributed by atoms with Crippen LogP contribution in [0.1, 0.15) is 12.5 Å². The normalized spacial score (nSPS) is 11.8. The monoisotopic (exact) mass is 473 g/mol. The maximum absolute atomic E-state index is 13.0. The number of ether oxygens (including phenoxy) is 3. The van der Waals surface area contributed by atoms with Gasteiger partial charge in [-0.1, -0.05) is 41.7 Å². The molecule has 3 aromatic carbocycles. The van der Waals surface area contributed by atoms with E-state index in [1.165, 1.54) is 22.8 Å². The number of thiazole rings is 1. The highest BCUT2D eigenvalue weighted by molar-refractivity contribution is 7.15. The number of hydrogen-bond donors (Lipinski definition) is 0. The van der Waals surface area contributed by atoms with Crippen LogP contribution < -0.4 is 24.3 Å². The smallest absolute Gasteiger partial charge is 0.308 e. The Bertz CT molecular complexity index is 1670. The van der Waals surface area contributed by atoms with Crippen molar-refractivity contribution in [1.82, 2.24) is 14.6 Å². The number of fused-ring (bicyclic) bond motifs is 2. The Morgan fingerprint density at radius 1 is 0.971 bits per heavy atom. The van der Waals surface area contributed by atoms with Gasteiger partial charge in [0.1, 0.15) is 5.75 Å². The fraction of sp³-hybridized carbons (Fsp3) is 0.120. The van der Waals surface area contributed by atoms with Gasteiger partial charge in [0.05, 0.1) is 24.3 Å². The van der Waals surface area contributed by atoms with Crippen LogP contribution >= 0.6 is 11.3 Å². The number of methoxy groups -OCH3 is 2. The summed E-state index contributed by atoms with van der Waals surface area (Å²) in [7, 11) is 3.12. The van der Waals surface area contributed by atoms with E-state index in [0.717, 1.165) is 16.3 Å². The van der Waals surface area contributed by atoms with Crippen molar-refractivity contribution in [3.63, 3.8) is 0 Å². The summed E-state index contributed by atoms with van der Waals surface area (Å²) >= 11 is 1.22. The first-order chi connectivity index (χ1) is 16.5. The van der Waals surface area contributed by atoms with E-state index in [4.69, 9.17) is 14.2 Å². The molecule has 0 amide bonds. The zero-order valence-corrected chi connectivity index (χ0v) is 19.4. The molecule has 0 fully saturated rings. The number of benzene rings is 3. The molecule has 8 nitrogen and oxygen atoms in total. The molecule has 0 saturated heterocycles. The molecule has 5 aromatic rings. The van der Waals surface area contributed by atoms with Crippen LogP contribution in [0.25, 0.3) is 33.2 Å². The third-order valence-electron chi connectivity index (χ3n) is 5.23. The minimum absolute atomic E-state index is 0.289. The molecule has 0 unspecified atom stereocenters. The SMILES string of the molecule is COc1ccc(C=c2sc3nc(-c4cc5ccccc5cc4OC(C)=O)nn3c2=O)cc1OC. The maximum Gasteiger partial charge on any atom is 0.308 e. The number of rotatable bonds is 5. The molecule has 0 bridgehead atoms. The highest BCUT2D eigenvalue weighted by atomic mass is 32.1. The van der Waals surface area contributed by atoms with E-state index in [-0.39, 0.29) is 5.56 Å². The number of hydrogen-bond acceptors (Lipinski definition) is 8. The Hall–Kier alpha value is -4.24. The molecule has 2 aromatic heterocycles. The van der Waals surface area contributed by atoms with Gasteiger partial charge in [0.25, 0.3) is 5.56 Å². The zero-order chi connectivity index (χ0) is 23.8. The van der Waals surface area contributed by atoms with Gasteiger partial charge in [-0.15, -0.1) is 5.10 Å². The molecule has 0 saturated carbocycles. The van der Waals surface area contributed by atoms with Crippen LogP contribution in [0.5, 0.6) is 17.2 Å². The minimum Gasteiger partial charge on any atom is -0.493 e. The first-order valence-corrected chi connectivity index (χ1v) is 11.1. The zero-order valence-electron chi connectivity index (χ0n) is 18.6. The van der Waals surface area contributed by atoms with E-state index in [1.807, 2.05) is 36.4 Å². The third-order valence-corrected chi connectivity index (χ3v) is 6.19. The number of esters is 1. The van der Waals surface area contributed by atoms with Crippen LogP contribution in [-0.2, 0) is 4.79 Å². The minimum atomic E-state index is -0.450. The molecule has 9 heteroatoms. The summed E-state index contributed by atoms with van der Waals surface area (Å²) in [6.45, 7) is 1.34. The van der Waals surface area contributed by atoms with Crippen LogP contribution in [0.3, 0.4) is 0 Å². The van der Waals surface area contributed by atoms with Gasteiger partial charge < -0.3 is 14.2 Å².